The van der Waals surface area contributed by atoms with Crippen LogP contribution in [-0.2, 0) is 38.1 Å². The third kappa shape index (κ3) is 3.36. The molecule has 4 rings (SSSR count). The van der Waals surface area contributed by atoms with Crippen LogP contribution in [0.2, 0.25) is 0 Å². The van der Waals surface area contributed by atoms with Crippen LogP contribution in [0.25, 0.3) is 0 Å². The van der Waals surface area contributed by atoms with Gasteiger partial charge in [0, 0.05) is 5.41 Å². The van der Waals surface area contributed by atoms with Gasteiger partial charge in [-0.15, -0.1) is 34.8 Å². The van der Waals surface area contributed by atoms with Crippen LogP contribution in [0.5, 0.6) is 0 Å². The first kappa shape index (κ1) is 24.1. The van der Waals surface area contributed by atoms with Gasteiger partial charge in [-0.25, -0.2) is 0 Å². The molecule has 0 unspecified atom stereocenters. The van der Waals surface area contributed by atoms with E-state index in [9.17, 15) is 14.4 Å². The Labute approximate surface area is 200 Å². The van der Waals surface area contributed by atoms with Gasteiger partial charge in [0.25, 0.3) is 0 Å². The van der Waals surface area contributed by atoms with Gasteiger partial charge in [-0.1, -0.05) is 18.6 Å². The van der Waals surface area contributed by atoms with Crippen molar-refractivity contribution in [1.29, 1.82) is 0 Å². The lowest BCUT2D eigenvalue weighted by Gasteiger charge is -2.57. The van der Waals surface area contributed by atoms with Gasteiger partial charge in [-0.3, -0.25) is 14.4 Å². The first-order valence-electron chi connectivity index (χ1n) is 10.4. The van der Waals surface area contributed by atoms with Crippen LogP contribution in [0.15, 0.2) is 11.6 Å². The molecule has 1 spiro atoms. The summed E-state index contributed by atoms with van der Waals surface area (Å²) in [5.74, 6) is -2.95. The number of hydrogen-bond donors (Lipinski definition) is 0. The van der Waals surface area contributed by atoms with E-state index >= 15 is 0 Å². The second kappa shape index (κ2) is 8.62. The summed E-state index contributed by atoms with van der Waals surface area (Å²) in [6, 6.07) is 0. The minimum Gasteiger partial charge on any atom is -0.464 e. The fraction of sp³-hybridized carbons (Fsp3) is 0.762. The SMILES string of the molecule is CC1=C[C@@H]2O[C@H]3[C@@H](OC(=O)CCl)[C@@H](OC(=O)CCl)[C@@](C)([C@@]2(COC(=O)CCl)CC1)[C@]31CO1. The Morgan fingerprint density at radius 1 is 1.09 bits per heavy atom. The molecule has 2 aliphatic carbocycles. The molecule has 0 aromatic carbocycles. The molecule has 0 aromatic heterocycles. The Hall–Kier alpha value is -1.06. The average molecular weight is 512 g/mol. The number of allylic oxidation sites excluding steroid dienone is 1. The van der Waals surface area contributed by atoms with Crippen LogP contribution in [-0.4, -0.2) is 78.8 Å². The predicted molar refractivity (Wildman–Crippen MR) is 114 cm³/mol. The summed E-state index contributed by atoms with van der Waals surface area (Å²) in [6.45, 7) is 4.22. The van der Waals surface area contributed by atoms with Gasteiger partial charge in [0.15, 0.2) is 12.2 Å². The predicted octanol–water partition coefficient (Wildman–Crippen LogP) is 2.35. The monoisotopic (exact) mass is 510 g/mol. The number of alkyl halides is 3. The number of esters is 3. The standard InChI is InChI=1S/C21H25Cl3O8/c1-11-3-4-20(9-28-13(25)6-22)12(5-11)30-18-16(31-14(26)7-23)17(32-15(27)8-24)19(20,2)21(18)10-29-21/h5,12,16-18H,3-4,6-10H2,1-2H3/t12-,16-,17+,18-,19-,20+,21-/m0/s1. The van der Waals surface area contributed by atoms with Crippen LogP contribution < -0.4 is 0 Å². The van der Waals surface area contributed by atoms with Gasteiger partial charge in [-0.05, 0) is 19.8 Å². The van der Waals surface area contributed by atoms with Gasteiger partial charge >= 0.3 is 17.9 Å². The summed E-state index contributed by atoms with van der Waals surface area (Å²) in [6.07, 6.45) is 0.204. The van der Waals surface area contributed by atoms with Crippen molar-refractivity contribution in [2.24, 2.45) is 10.8 Å². The van der Waals surface area contributed by atoms with Crippen molar-refractivity contribution in [3.8, 4) is 0 Å². The van der Waals surface area contributed by atoms with Crippen molar-refractivity contribution in [2.45, 2.75) is 56.7 Å². The molecule has 4 aliphatic rings. The summed E-state index contributed by atoms with van der Waals surface area (Å²) in [7, 11) is 0. The first-order chi connectivity index (χ1) is 15.2. The third-order valence-electron chi connectivity index (χ3n) is 7.58. The highest BCUT2D eigenvalue weighted by Gasteiger charge is 2.86. The highest BCUT2D eigenvalue weighted by Crippen LogP contribution is 2.72. The van der Waals surface area contributed by atoms with Gasteiger partial charge in [0.1, 0.15) is 36.0 Å². The maximum absolute atomic E-state index is 12.3. The van der Waals surface area contributed by atoms with E-state index in [4.69, 9.17) is 58.5 Å². The van der Waals surface area contributed by atoms with Crippen molar-refractivity contribution in [3.63, 3.8) is 0 Å². The lowest BCUT2D eigenvalue weighted by atomic mass is 9.51. The van der Waals surface area contributed by atoms with Crippen LogP contribution in [0.1, 0.15) is 26.7 Å². The Kier molecular flexibility index (Phi) is 6.48. The van der Waals surface area contributed by atoms with Crippen LogP contribution >= 0.6 is 34.8 Å². The summed E-state index contributed by atoms with van der Waals surface area (Å²) in [5.41, 5.74) is -1.50. The zero-order chi connectivity index (χ0) is 23.3. The molecule has 7 atom stereocenters. The molecule has 8 nitrogen and oxygen atoms in total. The Morgan fingerprint density at radius 3 is 2.31 bits per heavy atom. The number of rotatable bonds is 7. The van der Waals surface area contributed by atoms with Crippen molar-refractivity contribution >= 4 is 52.7 Å². The molecule has 11 heteroatoms. The summed E-state index contributed by atoms with van der Waals surface area (Å²) >= 11 is 17.1. The summed E-state index contributed by atoms with van der Waals surface area (Å²) in [4.78, 5) is 36.5. The number of halogens is 3. The van der Waals surface area contributed by atoms with Gasteiger partial charge in [0.2, 0.25) is 0 Å². The van der Waals surface area contributed by atoms with E-state index in [1.165, 1.54) is 0 Å². The molecule has 3 fully saturated rings. The molecule has 2 saturated heterocycles. The van der Waals surface area contributed by atoms with E-state index < -0.39 is 58.8 Å². The molecular weight excluding hydrogens is 487 g/mol. The maximum Gasteiger partial charge on any atom is 0.321 e. The first-order valence-corrected chi connectivity index (χ1v) is 12.0. The summed E-state index contributed by atoms with van der Waals surface area (Å²) < 4.78 is 29.5. The number of fused-ring (bicyclic) bond motifs is 2. The molecule has 2 bridgehead atoms. The van der Waals surface area contributed by atoms with Crippen molar-refractivity contribution in [3.05, 3.63) is 11.6 Å². The summed E-state index contributed by atoms with van der Waals surface area (Å²) in [5, 5.41) is 0. The molecule has 178 valence electrons. The lowest BCUT2D eigenvalue weighted by Crippen LogP contribution is -2.66. The fourth-order valence-corrected chi connectivity index (χ4v) is 6.09. The Morgan fingerprint density at radius 2 is 1.72 bits per heavy atom. The van der Waals surface area contributed by atoms with E-state index in [1.807, 2.05) is 19.9 Å². The van der Waals surface area contributed by atoms with E-state index in [0.29, 0.717) is 13.0 Å². The number of carbonyl (C=O) groups excluding carboxylic acids is 3. The van der Waals surface area contributed by atoms with Crippen LogP contribution in [0.3, 0.4) is 0 Å². The molecule has 0 amide bonds. The van der Waals surface area contributed by atoms with Gasteiger partial charge in [0.05, 0.1) is 18.1 Å². The third-order valence-corrected chi connectivity index (χ3v) is 8.23. The van der Waals surface area contributed by atoms with Crippen LogP contribution in [0, 0.1) is 10.8 Å². The van der Waals surface area contributed by atoms with E-state index in [2.05, 4.69) is 0 Å². The van der Waals surface area contributed by atoms with Gasteiger partial charge in [-0.2, -0.15) is 0 Å². The molecule has 0 N–H and O–H groups in total. The number of epoxide rings is 1. The van der Waals surface area contributed by atoms with E-state index in [1.54, 1.807) is 0 Å². The average Bonchev–Trinajstić information content (AvgIpc) is 3.57. The highest BCUT2D eigenvalue weighted by molar-refractivity contribution is 6.27. The zero-order valence-corrected chi connectivity index (χ0v) is 20.0. The maximum atomic E-state index is 12.3. The zero-order valence-electron chi connectivity index (χ0n) is 17.7. The molecule has 0 aromatic rings. The van der Waals surface area contributed by atoms with Crippen molar-refractivity contribution in [2.75, 3.05) is 30.9 Å². The minimum atomic E-state index is -0.958. The van der Waals surface area contributed by atoms with E-state index in [0.717, 1.165) is 12.0 Å². The van der Waals surface area contributed by atoms with Crippen molar-refractivity contribution < 1.29 is 38.1 Å². The molecule has 0 radical (unpaired) electrons. The van der Waals surface area contributed by atoms with Crippen molar-refractivity contribution in [1.82, 2.24) is 0 Å². The topological polar surface area (TPSA) is 101 Å². The highest BCUT2D eigenvalue weighted by atomic mass is 35.5. The minimum absolute atomic E-state index is 0.0214. The molecule has 1 saturated carbocycles. The largest absolute Gasteiger partial charge is 0.464 e. The second-order valence-corrected chi connectivity index (χ2v) is 9.76. The van der Waals surface area contributed by atoms with E-state index in [-0.39, 0.29) is 24.2 Å². The number of hydrogen-bond acceptors (Lipinski definition) is 8. The second-order valence-electron chi connectivity index (χ2n) is 8.95. The Bertz CT molecular complexity index is 843. The molecule has 32 heavy (non-hydrogen) atoms. The molecule has 2 aliphatic heterocycles. The number of carbonyl (C=O) groups is 3. The van der Waals surface area contributed by atoms with Crippen LogP contribution in [0.4, 0.5) is 0 Å². The normalized spacial score (nSPS) is 41.5. The lowest BCUT2D eigenvalue weighted by molar-refractivity contribution is -0.233. The van der Waals surface area contributed by atoms with Gasteiger partial charge < -0.3 is 23.7 Å². The number of ether oxygens (including phenoxy) is 5. The molecular formula is C21H25Cl3O8. The molecule has 2 heterocycles. The smallest absolute Gasteiger partial charge is 0.321 e. The fourth-order valence-electron chi connectivity index (χ4n) is 5.89. The Balaban J connectivity index is 1.84. The quantitative estimate of drug-likeness (QED) is 0.169.